The van der Waals surface area contributed by atoms with Gasteiger partial charge in [-0.1, -0.05) is 12.1 Å². The summed E-state index contributed by atoms with van der Waals surface area (Å²) < 4.78 is 0. The number of anilines is 3. The Morgan fingerprint density at radius 1 is 1.36 bits per heavy atom. The summed E-state index contributed by atoms with van der Waals surface area (Å²) in [5.74, 6) is 0.180. The van der Waals surface area contributed by atoms with Crippen LogP contribution in [0.5, 0.6) is 0 Å². The average molecular weight is 292 g/mol. The minimum Gasteiger partial charge on any atom is -0.382 e. The summed E-state index contributed by atoms with van der Waals surface area (Å²) in [5.41, 5.74) is 15.4. The van der Waals surface area contributed by atoms with E-state index in [1.165, 1.54) is 11.3 Å². The fourth-order valence-corrected chi connectivity index (χ4v) is 2.78. The Labute approximate surface area is 128 Å². The van der Waals surface area contributed by atoms with Crippen LogP contribution in [0.2, 0.25) is 0 Å². The lowest BCUT2D eigenvalue weighted by Gasteiger charge is -2.17. The van der Waals surface area contributed by atoms with Crippen molar-refractivity contribution in [2.45, 2.75) is 6.42 Å². The first kappa shape index (κ1) is 13.9. The number of nitrogens with two attached hydrogens (primary N) is 2. The van der Waals surface area contributed by atoms with E-state index in [4.69, 9.17) is 11.5 Å². The van der Waals surface area contributed by atoms with Crippen LogP contribution in [0, 0.1) is 11.3 Å². The highest BCUT2D eigenvalue weighted by Gasteiger charge is 2.20. The minimum atomic E-state index is 0.0697. The van der Waals surface area contributed by atoms with E-state index in [1.807, 2.05) is 24.3 Å². The van der Waals surface area contributed by atoms with Gasteiger partial charge in [0.25, 0.3) is 0 Å². The number of rotatable bonds is 3. The number of hydrogen-bond donors (Lipinski definition) is 2. The molecule has 0 amide bonds. The summed E-state index contributed by atoms with van der Waals surface area (Å²) in [6.45, 7) is 5.57. The van der Waals surface area contributed by atoms with E-state index in [9.17, 15) is 5.26 Å². The summed E-state index contributed by atoms with van der Waals surface area (Å²) >= 11 is 0. The topological polar surface area (TPSA) is 105 Å². The van der Waals surface area contributed by atoms with Gasteiger partial charge in [-0.15, -0.1) is 6.58 Å². The van der Waals surface area contributed by atoms with Crippen molar-refractivity contribution in [3.05, 3.63) is 42.0 Å². The highest BCUT2D eigenvalue weighted by molar-refractivity contribution is 5.76. The van der Waals surface area contributed by atoms with Crippen LogP contribution in [0.4, 0.5) is 17.5 Å². The molecule has 0 bridgehead atoms. The zero-order chi connectivity index (χ0) is 15.7. The third-order valence-electron chi connectivity index (χ3n) is 3.76. The Morgan fingerprint density at radius 3 is 2.91 bits per heavy atom. The van der Waals surface area contributed by atoms with Crippen molar-refractivity contribution in [2.24, 2.45) is 0 Å². The number of aromatic nitrogens is 2. The normalized spacial score (nSPS) is 12.8. The molecule has 22 heavy (non-hydrogen) atoms. The average Bonchev–Trinajstić information content (AvgIpc) is 2.89. The van der Waals surface area contributed by atoms with E-state index in [1.54, 1.807) is 0 Å². The minimum absolute atomic E-state index is 0.0697. The molecular formula is C16H16N6. The van der Waals surface area contributed by atoms with Gasteiger partial charge in [0.1, 0.15) is 17.5 Å². The molecule has 1 aromatic carbocycles. The molecule has 0 spiro atoms. The van der Waals surface area contributed by atoms with Crippen LogP contribution < -0.4 is 16.4 Å². The molecule has 6 heteroatoms. The standard InChI is InChI=1S/C16H16N6/c1-2-6-22-7-5-10-8-11(3-4-13(10)22)14-12(9-17)15(18)21-16(19)20-14/h2-4,8H,1,5-7H2,(H4,18,19,20,21). The van der Waals surface area contributed by atoms with Gasteiger partial charge in [-0.25, -0.2) is 4.98 Å². The number of nitrogens with zero attached hydrogens (tertiary/aromatic N) is 4. The first-order valence-corrected chi connectivity index (χ1v) is 6.96. The largest absolute Gasteiger partial charge is 0.382 e. The van der Waals surface area contributed by atoms with Gasteiger partial charge in [0.2, 0.25) is 5.95 Å². The second-order valence-corrected chi connectivity index (χ2v) is 5.13. The maximum atomic E-state index is 9.29. The number of nitriles is 1. The summed E-state index contributed by atoms with van der Waals surface area (Å²) in [4.78, 5) is 10.3. The molecule has 1 aliphatic heterocycles. The molecule has 0 unspecified atom stereocenters. The van der Waals surface area contributed by atoms with Crippen molar-refractivity contribution in [1.82, 2.24) is 9.97 Å². The quantitative estimate of drug-likeness (QED) is 0.835. The molecule has 1 aliphatic rings. The highest BCUT2D eigenvalue weighted by atomic mass is 15.1. The summed E-state index contributed by atoms with van der Waals surface area (Å²) in [5, 5.41) is 9.29. The van der Waals surface area contributed by atoms with Crippen molar-refractivity contribution in [2.75, 3.05) is 29.5 Å². The molecule has 6 nitrogen and oxygen atoms in total. The molecule has 110 valence electrons. The van der Waals surface area contributed by atoms with Gasteiger partial charge in [0.05, 0.1) is 5.69 Å². The molecule has 2 heterocycles. The Kier molecular flexibility index (Phi) is 3.39. The van der Waals surface area contributed by atoms with Gasteiger partial charge in [-0.2, -0.15) is 10.2 Å². The molecule has 1 aromatic heterocycles. The first-order chi connectivity index (χ1) is 10.6. The molecule has 0 fully saturated rings. The van der Waals surface area contributed by atoms with Crippen molar-refractivity contribution in [1.29, 1.82) is 5.26 Å². The number of benzene rings is 1. The van der Waals surface area contributed by atoms with Crippen LogP contribution in [-0.2, 0) is 6.42 Å². The second kappa shape index (κ2) is 5.37. The van der Waals surface area contributed by atoms with Crippen molar-refractivity contribution >= 4 is 17.5 Å². The predicted octanol–water partition coefficient (Wildman–Crippen LogP) is 1.73. The molecule has 0 saturated heterocycles. The molecule has 3 rings (SSSR count). The Hall–Kier alpha value is -3.07. The lowest BCUT2D eigenvalue weighted by Crippen LogP contribution is -2.19. The fourth-order valence-electron chi connectivity index (χ4n) is 2.78. The van der Waals surface area contributed by atoms with Crippen molar-refractivity contribution in [3.63, 3.8) is 0 Å². The summed E-state index contributed by atoms with van der Waals surface area (Å²) in [6, 6.07) is 8.07. The number of nitrogen functional groups attached to an aromatic ring is 2. The fraction of sp³-hybridized carbons (Fsp3) is 0.188. The molecule has 0 aliphatic carbocycles. The van der Waals surface area contributed by atoms with Gasteiger partial charge in [0.15, 0.2) is 0 Å². The predicted molar refractivity (Wildman–Crippen MR) is 87.1 cm³/mol. The van der Waals surface area contributed by atoms with E-state index in [-0.39, 0.29) is 17.3 Å². The number of fused-ring (bicyclic) bond motifs is 1. The summed E-state index contributed by atoms with van der Waals surface area (Å²) in [6.07, 6.45) is 2.84. The molecule has 2 aromatic rings. The van der Waals surface area contributed by atoms with E-state index >= 15 is 0 Å². The van der Waals surface area contributed by atoms with Crippen molar-refractivity contribution < 1.29 is 0 Å². The zero-order valence-electron chi connectivity index (χ0n) is 12.1. The second-order valence-electron chi connectivity index (χ2n) is 5.13. The number of hydrogen-bond acceptors (Lipinski definition) is 6. The van der Waals surface area contributed by atoms with Crippen LogP contribution in [0.3, 0.4) is 0 Å². The summed E-state index contributed by atoms with van der Waals surface area (Å²) in [7, 11) is 0. The van der Waals surface area contributed by atoms with Gasteiger partial charge in [-0.05, 0) is 24.1 Å². The zero-order valence-corrected chi connectivity index (χ0v) is 12.1. The Bertz CT molecular complexity index is 790. The van der Waals surface area contributed by atoms with Crippen LogP contribution in [0.25, 0.3) is 11.3 Å². The van der Waals surface area contributed by atoms with Crippen LogP contribution in [-0.4, -0.2) is 23.1 Å². The molecular weight excluding hydrogens is 276 g/mol. The Balaban J connectivity index is 2.09. The lowest BCUT2D eigenvalue weighted by atomic mass is 10.0. The smallest absolute Gasteiger partial charge is 0.222 e. The maximum absolute atomic E-state index is 9.29. The third kappa shape index (κ3) is 2.23. The van der Waals surface area contributed by atoms with Gasteiger partial charge < -0.3 is 16.4 Å². The monoisotopic (exact) mass is 292 g/mol. The van der Waals surface area contributed by atoms with Crippen LogP contribution >= 0.6 is 0 Å². The van der Waals surface area contributed by atoms with Crippen LogP contribution in [0.15, 0.2) is 30.9 Å². The van der Waals surface area contributed by atoms with Gasteiger partial charge >= 0.3 is 0 Å². The highest BCUT2D eigenvalue weighted by Crippen LogP contribution is 2.33. The van der Waals surface area contributed by atoms with Crippen molar-refractivity contribution in [3.8, 4) is 17.3 Å². The Morgan fingerprint density at radius 2 is 2.18 bits per heavy atom. The van der Waals surface area contributed by atoms with Gasteiger partial charge in [0, 0.05) is 24.3 Å². The SMILES string of the molecule is C=CCN1CCc2cc(-c3nc(N)nc(N)c3C#N)ccc21. The molecule has 0 saturated carbocycles. The van der Waals surface area contributed by atoms with Gasteiger partial charge in [-0.3, -0.25) is 0 Å². The molecule has 4 N–H and O–H groups in total. The molecule has 0 atom stereocenters. The third-order valence-corrected chi connectivity index (χ3v) is 3.76. The molecule has 0 radical (unpaired) electrons. The van der Waals surface area contributed by atoms with E-state index in [2.05, 4.69) is 27.5 Å². The van der Waals surface area contributed by atoms with Crippen LogP contribution in [0.1, 0.15) is 11.1 Å². The lowest BCUT2D eigenvalue weighted by molar-refractivity contribution is 0.905. The van der Waals surface area contributed by atoms with E-state index < -0.39 is 0 Å². The van der Waals surface area contributed by atoms with E-state index in [0.717, 1.165) is 25.1 Å². The first-order valence-electron chi connectivity index (χ1n) is 6.96. The van der Waals surface area contributed by atoms with E-state index in [0.29, 0.717) is 5.69 Å². The maximum Gasteiger partial charge on any atom is 0.222 e.